The molecule has 0 heterocycles. The van der Waals surface area contributed by atoms with Crippen LogP contribution in [0.25, 0.3) is 0 Å². The van der Waals surface area contributed by atoms with E-state index >= 15 is 0 Å². The summed E-state index contributed by atoms with van der Waals surface area (Å²) in [6, 6.07) is 11.7. The molecule has 1 atom stereocenters. The fourth-order valence-corrected chi connectivity index (χ4v) is 4.05. The number of hydrogen-bond acceptors (Lipinski definition) is 4. The molecular formula is C20H25FN2O4S. The Morgan fingerprint density at radius 3 is 2.50 bits per heavy atom. The zero-order valence-electron chi connectivity index (χ0n) is 16.2. The first kappa shape index (κ1) is 21.7. The fourth-order valence-electron chi connectivity index (χ4n) is 2.88. The summed E-state index contributed by atoms with van der Waals surface area (Å²) in [6.07, 6.45) is 2.46. The highest BCUT2D eigenvalue weighted by Crippen LogP contribution is 2.21. The number of rotatable bonds is 9. The molecule has 0 saturated carbocycles. The number of methoxy groups -OCH3 is 1. The topological polar surface area (TPSA) is 75.7 Å². The van der Waals surface area contributed by atoms with E-state index in [1.807, 2.05) is 24.3 Å². The Morgan fingerprint density at radius 2 is 1.89 bits per heavy atom. The first-order valence-corrected chi connectivity index (χ1v) is 10.7. The minimum absolute atomic E-state index is 0.239. The van der Waals surface area contributed by atoms with Crippen LogP contribution in [-0.2, 0) is 21.2 Å². The molecule has 1 amide bonds. The van der Waals surface area contributed by atoms with E-state index in [1.54, 1.807) is 7.11 Å². The van der Waals surface area contributed by atoms with Gasteiger partial charge in [0.15, 0.2) is 0 Å². The third kappa shape index (κ3) is 5.95. The summed E-state index contributed by atoms with van der Waals surface area (Å²) >= 11 is 0. The van der Waals surface area contributed by atoms with Crippen molar-refractivity contribution in [1.82, 2.24) is 5.32 Å². The lowest BCUT2D eigenvalue weighted by atomic mass is 10.1. The van der Waals surface area contributed by atoms with Crippen LogP contribution >= 0.6 is 0 Å². The zero-order valence-corrected chi connectivity index (χ0v) is 17.0. The predicted molar refractivity (Wildman–Crippen MR) is 108 cm³/mol. The average molecular weight is 408 g/mol. The van der Waals surface area contributed by atoms with Gasteiger partial charge in [-0.15, -0.1) is 0 Å². The van der Waals surface area contributed by atoms with E-state index in [1.165, 1.54) is 19.1 Å². The molecule has 8 heteroatoms. The Kier molecular flexibility index (Phi) is 7.39. The number of carbonyl (C=O) groups excluding carboxylic acids is 1. The van der Waals surface area contributed by atoms with Gasteiger partial charge in [0, 0.05) is 6.54 Å². The van der Waals surface area contributed by atoms with Crippen molar-refractivity contribution in [3.8, 4) is 5.75 Å². The third-order valence-electron chi connectivity index (χ3n) is 4.25. The molecule has 0 fully saturated rings. The van der Waals surface area contributed by atoms with Gasteiger partial charge in [0.05, 0.1) is 19.1 Å². The molecule has 0 spiro atoms. The van der Waals surface area contributed by atoms with Gasteiger partial charge in [0.1, 0.15) is 17.6 Å². The van der Waals surface area contributed by atoms with Gasteiger partial charge in [-0.05, 0) is 61.7 Å². The Hall–Kier alpha value is -2.61. The molecule has 2 aromatic carbocycles. The van der Waals surface area contributed by atoms with Gasteiger partial charge in [-0.2, -0.15) is 0 Å². The Balaban J connectivity index is 1.96. The maximum atomic E-state index is 13.1. The summed E-state index contributed by atoms with van der Waals surface area (Å²) in [5.41, 5.74) is 1.33. The van der Waals surface area contributed by atoms with Crippen LogP contribution < -0.4 is 14.4 Å². The van der Waals surface area contributed by atoms with E-state index in [2.05, 4.69) is 5.32 Å². The van der Waals surface area contributed by atoms with Crippen LogP contribution in [0.1, 0.15) is 18.9 Å². The molecule has 0 radical (unpaired) electrons. The lowest BCUT2D eigenvalue weighted by Crippen LogP contribution is -2.48. The number of nitrogens with one attached hydrogen (secondary N) is 1. The minimum atomic E-state index is -3.72. The number of halogens is 1. The third-order valence-corrected chi connectivity index (χ3v) is 5.49. The van der Waals surface area contributed by atoms with Crippen molar-refractivity contribution in [3.05, 3.63) is 59.9 Å². The van der Waals surface area contributed by atoms with Crippen molar-refractivity contribution < 1.29 is 22.3 Å². The van der Waals surface area contributed by atoms with Crippen LogP contribution in [0.2, 0.25) is 0 Å². The first-order valence-electron chi connectivity index (χ1n) is 8.88. The average Bonchev–Trinajstić information content (AvgIpc) is 2.65. The van der Waals surface area contributed by atoms with E-state index in [9.17, 15) is 17.6 Å². The SMILES string of the molecule is COc1cccc(CCCNC(=O)[C@@H](C)N(c2ccc(F)cc2)S(C)(=O)=O)c1. The van der Waals surface area contributed by atoms with Crippen molar-refractivity contribution >= 4 is 21.6 Å². The molecule has 0 unspecified atom stereocenters. The second-order valence-corrected chi connectivity index (χ2v) is 8.32. The standard InChI is InChI=1S/C20H25FN2O4S/c1-15(23(28(3,25)26)18-11-9-17(21)10-12-18)20(24)22-13-5-7-16-6-4-8-19(14-16)27-2/h4,6,8-12,14-15H,5,7,13H2,1-3H3,(H,22,24)/t15-/m1/s1. The number of nitrogens with zero attached hydrogens (tertiary/aromatic N) is 1. The van der Waals surface area contributed by atoms with Crippen molar-refractivity contribution in [2.45, 2.75) is 25.8 Å². The van der Waals surface area contributed by atoms with Gasteiger partial charge >= 0.3 is 0 Å². The number of ether oxygens (including phenoxy) is 1. The van der Waals surface area contributed by atoms with Gasteiger partial charge in [0.25, 0.3) is 0 Å². The number of sulfonamides is 1. The maximum Gasteiger partial charge on any atom is 0.243 e. The van der Waals surface area contributed by atoms with Crippen molar-refractivity contribution in [2.75, 3.05) is 24.2 Å². The number of hydrogen-bond donors (Lipinski definition) is 1. The fraction of sp³-hybridized carbons (Fsp3) is 0.350. The molecule has 0 aliphatic heterocycles. The smallest absolute Gasteiger partial charge is 0.243 e. The lowest BCUT2D eigenvalue weighted by molar-refractivity contribution is -0.121. The molecule has 2 aromatic rings. The molecule has 0 aliphatic carbocycles. The van der Waals surface area contributed by atoms with Crippen LogP contribution in [0.3, 0.4) is 0 Å². The Bertz CT molecular complexity index is 901. The monoisotopic (exact) mass is 408 g/mol. The largest absolute Gasteiger partial charge is 0.497 e. The van der Waals surface area contributed by atoms with E-state index in [0.29, 0.717) is 13.0 Å². The van der Waals surface area contributed by atoms with Crippen molar-refractivity contribution in [2.24, 2.45) is 0 Å². The zero-order chi connectivity index (χ0) is 20.7. The normalized spacial score (nSPS) is 12.3. The maximum absolute atomic E-state index is 13.1. The molecule has 0 aliphatic rings. The molecule has 6 nitrogen and oxygen atoms in total. The number of amides is 1. The summed E-state index contributed by atoms with van der Waals surface area (Å²) in [5.74, 6) is -0.120. The summed E-state index contributed by atoms with van der Waals surface area (Å²) in [5, 5.41) is 2.76. The molecule has 0 bridgehead atoms. The Labute approximate surface area is 165 Å². The molecule has 2 rings (SSSR count). The van der Waals surface area contributed by atoms with E-state index in [4.69, 9.17) is 4.74 Å². The summed E-state index contributed by atoms with van der Waals surface area (Å²) in [6.45, 7) is 1.91. The molecule has 28 heavy (non-hydrogen) atoms. The van der Waals surface area contributed by atoms with Crippen LogP contribution in [-0.4, -0.2) is 40.3 Å². The first-order chi connectivity index (χ1) is 13.2. The predicted octanol–water partition coefficient (Wildman–Crippen LogP) is 2.74. The van der Waals surface area contributed by atoms with Gasteiger partial charge in [0.2, 0.25) is 15.9 Å². The highest BCUT2D eigenvalue weighted by molar-refractivity contribution is 7.92. The van der Waals surface area contributed by atoms with Crippen LogP contribution in [0.4, 0.5) is 10.1 Å². The van der Waals surface area contributed by atoms with E-state index in [0.717, 1.165) is 40.4 Å². The second kappa shape index (κ2) is 9.54. The summed E-state index contributed by atoms with van der Waals surface area (Å²) in [7, 11) is -2.11. The summed E-state index contributed by atoms with van der Waals surface area (Å²) in [4.78, 5) is 12.5. The quantitative estimate of drug-likeness (QED) is 0.648. The number of anilines is 1. The van der Waals surface area contributed by atoms with Gasteiger partial charge in [-0.1, -0.05) is 12.1 Å². The van der Waals surface area contributed by atoms with Crippen molar-refractivity contribution in [3.63, 3.8) is 0 Å². The highest BCUT2D eigenvalue weighted by Gasteiger charge is 2.28. The Morgan fingerprint density at radius 1 is 1.21 bits per heavy atom. The van der Waals surface area contributed by atoms with E-state index in [-0.39, 0.29) is 5.69 Å². The molecule has 1 N–H and O–H groups in total. The van der Waals surface area contributed by atoms with Crippen LogP contribution in [0.15, 0.2) is 48.5 Å². The molecule has 0 aromatic heterocycles. The number of benzene rings is 2. The van der Waals surface area contributed by atoms with Gasteiger partial charge < -0.3 is 10.1 Å². The molecular weight excluding hydrogens is 383 g/mol. The molecule has 152 valence electrons. The van der Waals surface area contributed by atoms with Crippen LogP contribution in [0.5, 0.6) is 5.75 Å². The van der Waals surface area contributed by atoms with Gasteiger partial charge in [-0.3, -0.25) is 9.10 Å². The van der Waals surface area contributed by atoms with E-state index < -0.39 is 27.8 Å². The number of aryl methyl sites for hydroxylation is 1. The summed E-state index contributed by atoms with van der Waals surface area (Å²) < 4.78 is 43.7. The number of carbonyl (C=O) groups is 1. The second-order valence-electron chi connectivity index (χ2n) is 6.46. The highest BCUT2D eigenvalue weighted by atomic mass is 32.2. The molecule has 0 saturated heterocycles. The van der Waals surface area contributed by atoms with Crippen molar-refractivity contribution in [1.29, 1.82) is 0 Å². The van der Waals surface area contributed by atoms with Crippen LogP contribution in [0, 0.1) is 5.82 Å². The lowest BCUT2D eigenvalue weighted by Gasteiger charge is -2.28. The minimum Gasteiger partial charge on any atom is -0.497 e. The van der Waals surface area contributed by atoms with Gasteiger partial charge in [-0.25, -0.2) is 12.8 Å².